The summed E-state index contributed by atoms with van der Waals surface area (Å²) in [6.45, 7) is 2.00. The number of halogens is 3. The summed E-state index contributed by atoms with van der Waals surface area (Å²) in [7, 11) is 0. The largest absolute Gasteiger partial charge is 0.433 e. The number of nitrogens with one attached hydrogen (secondary N) is 1. The maximum Gasteiger partial charge on any atom is 0.433 e. The van der Waals surface area contributed by atoms with E-state index in [1.165, 1.54) is 0 Å². The number of aryl methyl sites for hydroxylation is 1. The molecule has 1 heterocycles. The Kier molecular flexibility index (Phi) is 3.89. The molecule has 0 aliphatic carbocycles. The number of hydrazine groups is 1. The number of nitrogens with zero attached hydrogens (tertiary/aromatic N) is 2. The first-order chi connectivity index (χ1) is 9.44. The number of nitrogens with two attached hydrogens (primary N) is 1. The van der Waals surface area contributed by atoms with Crippen LogP contribution >= 0.6 is 0 Å². The van der Waals surface area contributed by atoms with E-state index < -0.39 is 11.9 Å². The van der Waals surface area contributed by atoms with E-state index in [9.17, 15) is 13.2 Å². The molecule has 0 spiro atoms. The van der Waals surface area contributed by atoms with E-state index in [4.69, 9.17) is 5.84 Å². The smallest absolute Gasteiger partial charge is 0.292 e. The molecule has 1 aromatic heterocycles. The van der Waals surface area contributed by atoms with Gasteiger partial charge in [-0.2, -0.15) is 13.2 Å². The molecule has 4 nitrogen and oxygen atoms in total. The van der Waals surface area contributed by atoms with Crippen molar-refractivity contribution in [2.24, 2.45) is 5.84 Å². The van der Waals surface area contributed by atoms with Gasteiger partial charge in [-0.25, -0.2) is 15.8 Å². The molecular weight excluding hydrogens is 269 g/mol. The van der Waals surface area contributed by atoms with Crippen molar-refractivity contribution in [2.75, 3.05) is 5.43 Å². The summed E-state index contributed by atoms with van der Waals surface area (Å²) in [6.07, 6.45) is -3.69. The Labute approximate surface area is 113 Å². The number of nitrogen functional groups attached to an aromatic ring is 1. The standard InChI is InChI=1S/C13H13F3N4/c1-2-8-3-5-9(6-4-8)10-7-11(13(14,15)16)19-12(18-10)20-17/h3-7H,2,17H2,1H3,(H,18,19,20). The van der Waals surface area contributed by atoms with Crippen molar-refractivity contribution in [3.05, 3.63) is 41.6 Å². The lowest BCUT2D eigenvalue weighted by molar-refractivity contribution is -0.141. The predicted molar refractivity (Wildman–Crippen MR) is 69.7 cm³/mol. The minimum Gasteiger partial charge on any atom is -0.292 e. The Bertz CT molecular complexity index is 594. The highest BCUT2D eigenvalue weighted by atomic mass is 19.4. The Morgan fingerprint density at radius 3 is 2.30 bits per heavy atom. The fourth-order valence-corrected chi connectivity index (χ4v) is 1.72. The van der Waals surface area contributed by atoms with Gasteiger partial charge in [0.05, 0.1) is 5.69 Å². The van der Waals surface area contributed by atoms with Gasteiger partial charge in [0.25, 0.3) is 0 Å². The first kappa shape index (κ1) is 14.3. The van der Waals surface area contributed by atoms with Crippen LogP contribution in [0.3, 0.4) is 0 Å². The Morgan fingerprint density at radius 2 is 1.80 bits per heavy atom. The van der Waals surface area contributed by atoms with E-state index in [2.05, 4.69) is 9.97 Å². The quantitative estimate of drug-likeness (QED) is 0.671. The van der Waals surface area contributed by atoms with Crippen LogP contribution in [0.5, 0.6) is 0 Å². The van der Waals surface area contributed by atoms with Crippen molar-refractivity contribution in [1.82, 2.24) is 9.97 Å². The monoisotopic (exact) mass is 282 g/mol. The third kappa shape index (κ3) is 3.05. The highest BCUT2D eigenvalue weighted by molar-refractivity contribution is 5.61. The summed E-state index contributed by atoms with van der Waals surface area (Å²) in [5, 5.41) is 0. The molecule has 0 saturated carbocycles. The summed E-state index contributed by atoms with van der Waals surface area (Å²) in [4.78, 5) is 7.25. The van der Waals surface area contributed by atoms with Gasteiger partial charge in [0, 0.05) is 5.56 Å². The zero-order chi connectivity index (χ0) is 14.8. The summed E-state index contributed by atoms with van der Waals surface area (Å²) >= 11 is 0. The zero-order valence-corrected chi connectivity index (χ0v) is 10.7. The van der Waals surface area contributed by atoms with Crippen molar-refractivity contribution in [1.29, 1.82) is 0 Å². The maximum absolute atomic E-state index is 12.8. The van der Waals surface area contributed by atoms with Gasteiger partial charge in [-0.1, -0.05) is 31.2 Å². The Hall–Kier alpha value is -2.15. The fourth-order valence-electron chi connectivity index (χ4n) is 1.72. The third-order valence-electron chi connectivity index (χ3n) is 2.80. The molecule has 0 atom stereocenters. The van der Waals surface area contributed by atoms with Crippen LogP contribution in [0.2, 0.25) is 0 Å². The molecule has 106 valence electrons. The number of benzene rings is 1. The summed E-state index contributed by atoms with van der Waals surface area (Å²) in [5.74, 6) is 4.84. The second-order valence-corrected chi connectivity index (χ2v) is 4.15. The van der Waals surface area contributed by atoms with Gasteiger partial charge in [0.15, 0.2) is 5.69 Å². The van der Waals surface area contributed by atoms with E-state index in [1.54, 1.807) is 12.1 Å². The van der Waals surface area contributed by atoms with Crippen LogP contribution in [0.1, 0.15) is 18.2 Å². The molecule has 0 aliphatic rings. The maximum atomic E-state index is 12.8. The second kappa shape index (κ2) is 5.46. The van der Waals surface area contributed by atoms with Crippen LogP contribution in [-0.2, 0) is 12.6 Å². The van der Waals surface area contributed by atoms with Gasteiger partial charge < -0.3 is 0 Å². The van der Waals surface area contributed by atoms with E-state index in [-0.39, 0.29) is 11.6 Å². The number of alkyl halides is 3. The van der Waals surface area contributed by atoms with Crippen LogP contribution in [0.4, 0.5) is 19.1 Å². The topological polar surface area (TPSA) is 63.8 Å². The summed E-state index contributed by atoms with van der Waals surface area (Å²) in [6, 6.07) is 8.05. The molecule has 20 heavy (non-hydrogen) atoms. The third-order valence-corrected chi connectivity index (χ3v) is 2.80. The van der Waals surface area contributed by atoms with Crippen molar-refractivity contribution < 1.29 is 13.2 Å². The van der Waals surface area contributed by atoms with E-state index in [0.717, 1.165) is 18.1 Å². The molecule has 0 saturated heterocycles. The number of rotatable bonds is 3. The predicted octanol–water partition coefficient (Wildman–Crippen LogP) is 3.01. The van der Waals surface area contributed by atoms with Gasteiger partial charge in [0.2, 0.25) is 5.95 Å². The number of anilines is 1. The van der Waals surface area contributed by atoms with Gasteiger partial charge in [-0.15, -0.1) is 0 Å². The van der Waals surface area contributed by atoms with E-state index >= 15 is 0 Å². The Balaban J connectivity index is 2.49. The van der Waals surface area contributed by atoms with Gasteiger partial charge >= 0.3 is 6.18 Å². The van der Waals surface area contributed by atoms with Crippen LogP contribution in [0.25, 0.3) is 11.3 Å². The SMILES string of the molecule is CCc1ccc(-c2cc(C(F)(F)F)nc(NN)n2)cc1. The molecule has 0 aliphatic heterocycles. The number of hydrogen-bond acceptors (Lipinski definition) is 4. The second-order valence-electron chi connectivity index (χ2n) is 4.15. The average Bonchev–Trinajstić information content (AvgIpc) is 2.46. The van der Waals surface area contributed by atoms with Crippen molar-refractivity contribution >= 4 is 5.95 Å². The van der Waals surface area contributed by atoms with Crippen LogP contribution in [0, 0.1) is 0 Å². The molecule has 3 N–H and O–H groups in total. The number of hydrogen-bond donors (Lipinski definition) is 2. The normalized spacial score (nSPS) is 11.4. The van der Waals surface area contributed by atoms with Crippen molar-refractivity contribution in [2.45, 2.75) is 19.5 Å². The zero-order valence-electron chi connectivity index (χ0n) is 10.7. The summed E-state index contributed by atoms with van der Waals surface area (Å²) < 4.78 is 38.3. The van der Waals surface area contributed by atoms with Gasteiger partial charge in [0.1, 0.15) is 0 Å². The average molecular weight is 282 g/mol. The van der Waals surface area contributed by atoms with E-state index in [0.29, 0.717) is 5.56 Å². The number of aromatic nitrogens is 2. The van der Waals surface area contributed by atoms with Crippen molar-refractivity contribution in [3.63, 3.8) is 0 Å². The first-order valence-electron chi connectivity index (χ1n) is 5.96. The summed E-state index contributed by atoms with van der Waals surface area (Å²) in [5.41, 5.74) is 2.86. The van der Waals surface area contributed by atoms with Gasteiger partial charge in [-0.05, 0) is 18.1 Å². The molecular formula is C13H13F3N4. The lowest BCUT2D eigenvalue weighted by Crippen LogP contribution is -2.15. The molecule has 0 radical (unpaired) electrons. The molecule has 1 aromatic carbocycles. The molecule has 0 fully saturated rings. The molecule has 0 bridgehead atoms. The van der Waals surface area contributed by atoms with Crippen LogP contribution < -0.4 is 11.3 Å². The molecule has 2 rings (SSSR count). The minimum absolute atomic E-state index is 0.169. The van der Waals surface area contributed by atoms with Crippen LogP contribution in [-0.4, -0.2) is 9.97 Å². The van der Waals surface area contributed by atoms with Crippen LogP contribution in [0.15, 0.2) is 30.3 Å². The van der Waals surface area contributed by atoms with Crippen molar-refractivity contribution in [3.8, 4) is 11.3 Å². The fraction of sp³-hybridized carbons (Fsp3) is 0.231. The molecule has 0 unspecified atom stereocenters. The highest BCUT2D eigenvalue weighted by Gasteiger charge is 2.33. The molecule has 2 aromatic rings. The lowest BCUT2D eigenvalue weighted by Gasteiger charge is -2.10. The minimum atomic E-state index is -4.55. The lowest BCUT2D eigenvalue weighted by atomic mass is 10.1. The molecule has 0 amide bonds. The Morgan fingerprint density at radius 1 is 1.15 bits per heavy atom. The first-order valence-corrected chi connectivity index (χ1v) is 5.96. The molecule has 7 heteroatoms. The van der Waals surface area contributed by atoms with E-state index in [1.807, 2.05) is 24.5 Å². The van der Waals surface area contributed by atoms with Gasteiger partial charge in [-0.3, -0.25) is 5.43 Å². The highest BCUT2D eigenvalue weighted by Crippen LogP contribution is 2.31.